The molecule has 0 bridgehead atoms. The summed E-state index contributed by atoms with van der Waals surface area (Å²) in [4.78, 5) is 20.7. The molecule has 0 aliphatic carbocycles. The topological polar surface area (TPSA) is 78.7 Å². The zero-order valence-corrected chi connectivity index (χ0v) is 8.42. The summed E-state index contributed by atoms with van der Waals surface area (Å²) >= 11 is 0. The second-order valence-electron chi connectivity index (χ2n) is 2.81. The van der Waals surface area contributed by atoms with Gasteiger partial charge in [-0.3, -0.25) is 10.1 Å². The van der Waals surface area contributed by atoms with Gasteiger partial charge >= 0.3 is 6.16 Å². The molecule has 0 heterocycles. The molecule has 1 aromatic rings. The Kier molecular flexibility index (Phi) is 4.26. The minimum atomic E-state index is -0.812. The van der Waals surface area contributed by atoms with E-state index >= 15 is 0 Å². The summed E-state index contributed by atoms with van der Waals surface area (Å²) in [6.45, 7) is 3.32. The Morgan fingerprint density at radius 1 is 1.31 bits per heavy atom. The highest BCUT2D eigenvalue weighted by Crippen LogP contribution is 2.12. The third-order valence-electron chi connectivity index (χ3n) is 1.72. The van der Waals surface area contributed by atoms with Crippen molar-refractivity contribution in [2.75, 3.05) is 6.61 Å². The van der Waals surface area contributed by atoms with Crippen molar-refractivity contribution in [2.24, 2.45) is 0 Å². The van der Waals surface area contributed by atoms with Gasteiger partial charge in [0.05, 0.1) is 11.5 Å². The third kappa shape index (κ3) is 3.56. The molecule has 85 valence electrons. The van der Waals surface area contributed by atoms with Gasteiger partial charge in [-0.25, -0.2) is 4.79 Å². The van der Waals surface area contributed by atoms with Crippen LogP contribution in [0.3, 0.4) is 0 Å². The predicted molar refractivity (Wildman–Crippen MR) is 54.6 cm³/mol. The van der Waals surface area contributed by atoms with Crippen molar-refractivity contribution >= 4 is 11.8 Å². The molecule has 0 N–H and O–H groups in total. The Hall–Kier alpha value is -2.11. The second-order valence-corrected chi connectivity index (χ2v) is 2.81. The van der Waals surface area contributed by atoms with Crippen molar-refractivity contribution in [2.45, 2.75) is 6.61 Å². The standard InChI is InChI=1S/C10H10NO5/c1-2-15-10(12)16-7-8-3-5-9(6-4-8)11(13)14/h3-6H,1-2,7H2. The van der Waals surface area contributed by atoms with Crippen LogP contribution in [0, 0.1) is 17.0 Å². The summed E-state index contributed by atoms with van der Waals surface area (Å²) in [7, 11) is 0. The Balaban J connectivity index is 2.49. The Morgan fingerprint density at radius 3 is 2.44 bits per heavy atom. The van der Waals surface area contributed by atoms with E-state index in [1.165, 1.54) is 24.3 Å². The van der Waals surface area contributed by atoms with Crippen molar-refractivity contribution in [3.8, 4) is 0 Å². The van der Waals surface area contributed by atoms with Crippen LogP contribution in [-0.2, 0) is 16.1 Å². The molecule has 0 unspecified atom stereocenters. The summed E-state index contributed by atoms with van der Waals surface area (Å²) in [6.07, 6.45) is -0.812. The number of carbonyl (C=O) groups excluding carboxylic acids is 1. The zero-order valence-electron chi connectivity index (χ0n) is 8.42. The maximum atomic E-state index is 10.8. The van der Waals surface area contributed by atoms with Crippen LogP contribution in [0.5, 0.6) is 0 Å². The minimum absolute atomic E-state index is 0.000898. The van der Waals surface area contributed by atoms with Crippen molar-refractivity contribution in [1.29, 1.82) is 0 Å². The first-order valence-electron chi connectivity index (χ1n) is 4.45. The predicted octanol–water partition coefficient (Wildman–Crippen LogP) is 2.08. The molecule has 6 nitrogen and oxygen atoms in total. The first kappa shape index (κ1) is 12.0. The minimum Gasteiger partial charge on any atom is -0.434 e. The monoisotopic (exact) mass is 224 g/mol. The number of ether oxygens (including phenoxy) is 2. The molecule has 0 aliphatic rings. The number of nitro groups is 1. The van der Waals surface area contributed by atoms with Crippen molar-refractivity contribution in [1.82, 2.24) is 0 Å². The molecule has 6 heteroatoms. The van der Waals surface area contributed by atoms with Crippen LogP contribution in [0.2, 0.25) is 0 Å². The van der Waals surface area contributed by atoms with Crippen molar-refractivity contribution < 1.29 is 19.2 Å². The average molecular weight is 224 g/mol. The number of nitrogens with zero attached hydrogens (tertiary/aromatic N) is 1. The summed E-state index contributed by atoms with van der Waals surface area (Å²) in [5.41, 5.74) is 0.635. The fraction of sp³-hybridized carbons (Fsp3) is 0.200. The Labute approximate surface area is 91.9 Å². The van der Waals surface area contributed by atoms with E-state index in [9.17, 15) is 14.9 Å². The molecule has 1 radical (unpaired) electrons. The molecule has 0 atom stereocenters. The van der Waals surface area contributed by atoms with Gasteiger partial charge in [-0.2, -0.15) is 0 Å². The molecular formula is C10H10NO5. The lowest BCUT2D eigenvalue weighted by Gasteiger charge is -2.03. The van der Waals surface area contributed by atoms with E-state index in [1.54, 1.807) is 0 Å². The van der Waals surface area contributed by atoms with Gasteiger partial charge in [0.25, 0.3) is 5.69 Å². The molecular weight excluding hydrogens is 214 g/mol. The highest BCUT2D eigenvalue weighted by Gasteiger charge is 2.06. The van der Waals surface area contributed by atoms with E-state index in [0.717, 1.165) is 0 Å². The first-order valence-corrected chi connectivity index (χ1v) is 4.45. The molecule has 0 aromatic heterocycles. The van der Waals surface area contributed by atoms with Crippen LogP contribution < -0.4 is 0 Å². The van der Waals surface area contributed by atoms with Crippen LogP contribution in [0.4, 0.5) is 10.5 Å². The number of non-ortho nitro benzene ring substituents is 1. The van der Waals surface area contributed by atoms with E-state index < -0.39 is 11.1 Å². The van der Waals surface area contributed by atoms with E-state index in [2.05, 4.69) is 11.7 Å². The smallest absolute Gasteiger partial charge is 0.434 e. The van der Waals surface area contributed by atoms with E-state index in [-0.39, 0.29) is 18.9 Å². The molecule has 0 spiro atoms. The quantitative estimate of drug-likeness (QED) is 0.444. The van der Waals surface area contributed by atoms with Crippen LogP contribution in [0.25, 0.3) is 0 Å². The van der Waals surface area contributed by atoms with Crippen molar-refractivity contribution in [3.63, 3.8) is 0 Å². The third-order valence-corrected chi connectivity index (χ3v) is 1.72. The molecule has 0 amide bonds. The molecule has 16 heavy (non-hydrogen) atoms. The molecule has 0 saturated carbocycles. The van der Waals surface area contributed by atoms with Gasteiger partial charge < -0.3 is 9.47 Å². The van der Waals surface area contributed by atoms with Crippen LogP contribution in [0.1, 0.15) is 5.56 Å². The van der Waals surface area contributed by atoms with E-state index in [0.29, 0.717) is 5.56 Å². The molecule has 0 saturated heterocycles. The summed E-state index contributed by atoms with van der Waals surface area (Å²) in [5, 5.41) is 10.4. The van der Waals surface area contributed by atoms with E-state index in [1.807, 2.05) is 0 Å². The number of hydrogen-bond acceptors (Lipinski definition) is 5. The largest absolute Gasteiger partial charge is 0.508 e. The summed E-state index contributed by atoms with van der Waals surface area (Å²) in [6, 6.07) is 5.70. The number of benzene rings is 1. The van der Waals surface area contributed by atoms with E-state index in [4.69, 9.17) is 4.74 Å². The van der Waals surface area contributed by atoms with Crippen molar-refractivity contribution in [3.05, 3.63) is 46.9 Å². The van der Waals surface area contributed by atoms with Gasteiger partial charge in [0, 0.05) is 12.1 Å². The normalized spacial score (nSPS) is 9.56. The number of rotatable bonds is 4. The highest BCUT2D eigenvalue weighted by molar-refractivity contribution is 5.59. The molecule has 1 aromatic carbocycles. The van der Waals surface area contributed by atoms with Crippen LogP contribution in [-0.4, -0.2) is 17.7 Å². The van der Waals surface area contributed by atoms with Crippen LogP contribution >= 0.6 is 0 Å². The van der Waals surface area contributed by atoms with Gasteiger partial charge in [-0.15, -0.1) is 0 Å². The molecule has 0 fully saturated rings. The number of nitro benzene ring substituents is 1. The Bertz CT molecular complexity index is 373. The van der Waals surface area contributed by atoms with Gasteiger partial charge in [-0.05, 0) is 24.6 Å². The van der Waals surface area contributed by atoms with Gasteiger partial charge in [0.1, 0.15) is 6.61 Å². The first-order chi connectivity index (χ1) is 7.63. The molecule has 0 aliphatic heterocycles. The highest BCUT2D eigenvalue weighted by atomic mass is 16.7. The van der Waals surface area contributed by atoms with Gasteiger partial charge in [0.15, 0.2) is 0 Å². The lowest BCUT2D eigenvalue weighted by atomic mass is 10.2. The van der Waals surface area contributed by atoms with Gasteiger partial charge in [0.2, 0.25) is 0 Å². The second kappa shape index (κ2) is 5.69. The fourth-order valence-corrected chi connectivity index (χ4v) is 0.981. The lowest BCUT2D eigenvalue weighted by Crippen LogP contribution is -2.06. The maximum absolute atomic E-state index is 10.8. The maximum Gasteiger partial charge on any atom is 0.508 e. The van der Waals surface area contributed by atoms with Crippen LogP contribution in [0.15, 0.2) is 24.3 Å². The zero-order chi connectivity index (χ0) is 12.0. The fourth-order valence-electron chi connectivity index (χ4n) is 0.981. The van der Waals surface area contributed by atoms with Gasteiger partial charge in [-0.1, -0.05) is 0 Å². The summed E-state index contributed by atoms with van der Waals surface area (Å²) < 4.78 is 9.14. The average Bonchev–Trinajstić information content (AvgIpc) is 2.27. The SMILES string of the molecule is [CH2]COC(=O)OCc1ccc([N+](=O)[O-])cc1. The number of carbonyl (C=O) groups is 1. The summed E-state index contributed by atoms with van der Waals surface area (Å²) in [5.74, 6) is 0. The Morgan fingerprint density at radius 2 is 1.94 bits per heavy atom. The lowest BCUT2D eigenvalue weighted by molar-refractivity contribution is -0.384. The molecule has 1 rings (SSSR count). The number of hydrogen-bond donors (Lipinski definition) is 0.